The number of fused-ring (bicyclic) bond motifs is 2. The van der Waals surface area contributed by atoms with Crippen molar-refractivity contribution < 1.29 is 37.2 Å². The molecule has 0 saturated carbocycles. The second-order valence-electron chi connectivity index (χ2n) is 9.29. The predicted molar refractivity (Wildman–Crippen MR) is 157 cm³/mol. The van der Waals surface area contributed by atoms with Crippen LogP contribution in [-0.2, 0) is 16.5 Å². The van der Waals surface area contributed by atoms with Gasteiger partial charge in [0.1, 0.15) is 16.9 Å². The van der Waals surface area contributed by atoms with Crippen LogP contribution in [0.15, 0.2) is 83.8 Å². The molecule has 0 amide bonds. The molecule has 2 N–H and O–H groups in total. The number of aromatic hydroxyl groups is 2. The highest BCUT2D eigenvalue weighted by atomic mass is 32.2. The summed E-state index contributed by atoms with van der Waals surface area (Å²) in [5.74, 6) is -1.62. The lowest BCUT2D eigenvalue weighted by atomic mass is 9.95. The minimum Gasteiger partial charge on any atom is -0.504 e. The quantitative estimate of drug-likeness (QED) is 0.0810. The number of para-hydroxylation sites is 1. The normalized spacial score (nSPS) is 11.5. The van der Waals surface area contributed by atoms with Gasteiger partial charge < -0.3 is 23.9 Å². The van der Waals surface area contributed by atoms with Crippen LogP contribution in [0.4, 0.5) is 5.69 Å². The van der Waals surface area contributed by atoms with Crippen molar-refractivity contribution in [2.75, 3.05) is 13.2 Å². The average molecular weight is 590 g/mol. The minimum absolute atomic E-state index is 0.0232. The van der Waals surface area contributed by atoms with Gasteiger partial charge in [0.25, 0.3) is 0 Å². The molecule has 0 saturated heterocycles. The molecule has 0 unspecified atom stereocenters. The van der Waals surface area contributed by atoms with E-state index in [9.17, 15) is 28.7 Å². The van der Waals surface area contributed by atoms with Crippen molar-refractivity contribution in [2.24, 2.45) is 0 Å². The van der Waals surface area contributed by atoms with Gasteiger partial charge in [-0.15, -0.1) is 0 Å². The number of phenolic OH excluding ortho intramolecular Hbond substituents is 2. The van der Waals surface area contributed by atoms with Gasteiger partial charge in [-0.1, -0.05) is 60.7 Å². The van der Waals surface area contributed by atoms with Crippen molar-refractivity contribution in [1.29, 1.82) is 0 Å². The third kappa shape index (κ3) is 5.10. The van der Waals surface area contributed by atoms with Crippen molar-refractivity contribution in [3.63, 3.8) is 0 Å². The zero-order valence-corrected chi connectivity index (χ0v) is 23.6. The molecule has 5 aromatic rings. The minimum atomic E-state index is -5.04. The highest BCUT2D eigenvalue weighted by molar-refractivity contribution is 7.87. The molecule has 0 aliphatic rings. The predicted octanol–water partition coefficient (Wildman–Crippen LogP) is 6.47. The molecular formula is C31H27NO9S. The molecule has 0 heterocycles. The Hall–Kier alpha value is -5.03. The number of hydrogen-bond acceptors (Lipinski definition) is 9. The first-order valence-corrected chi connectivity index (χ1v) is 14.5. The monoisotopic (exact) mass is 589 g/mol. The summed E-state index contributed by atoms with van der Waals surface area (Å²) < 4.78 is 45.2. The van der Waals surface area contributed by atoms with Crippen molar-refractivity contribution in [3.8, 4) is 28.7 Å². The summed E-state index contributed by atoms with van der Waals surface area (Å²) in [5, 5.41) is 34.8. The molecule has 42 heavy (non-hydrogen) atoms. The van der Waals surface area contributed by atoms with Gasteiger partial charge in [0.2, 0.25) is 5.75 Å². The van der Waals surface area contributed by atoms with Crippen LogP contribution in [0, 0.1) is 10.1 Å². The van der Waals surface area contributed by atoms with E-state index in [1.165, 1.54) is 12.1 Å². The van der Waals surface area contributed by atoms with E-state index in [4.69, 9.17) is 13.7 Å². The molecule has 0 spiro atoms. The van der Waals surface area contributed by atoms with E-state index in [1.54, 1.807) is 68.4 Å². The molecular weight excluding hydrogens is 562 g/mol. The number of nitro benzene ring substituents is 1. The Morgan fingerprint density at radius 1 is 0.762 bits per heavy atom. The lowest BCUT2D eigenvalue weighted by molar-refractivity contribution is -0.386. The molecule has 10 nitrogen and oxygen atoms in total. The van der Waals surface area contributed by atoms with E-state index in [0.717, 1.165) is 12.1 Å². The Kier molecular flexibility index (Phi) is 7.77. The van der Waals surface area contributed by atoms with E-state index < -0.39 is 42.9 Å². The van der Waals surface area contributed by atoms with Crippen LogP contribution in [0.1, 0.15) is 25.0 Å². The first-order valence-electron chi connectivity index (χ1n) is 13.1. The molecule has 0 aromatic heterocycles. The molecule has 0 aliphatic heterocycles. The van der Waals surface area contributed by atoms with Crippen molar-refractivity contribution in [2.45, 2.75) is 25.2 Å². The molecule has 5 rings (SSSR count). The molecule has 0 fully saturated rings. The van der Waals surface area contributed by atoms with Gasteiger partial charge in [-0.25, -0.2) is 0 Å². The number of nitro groups is 1. The largest absolute Gasteiger partial charge is 0.504 e. The van der Waals surface area contributed by atoms with Gasteiger partial charge in [0.15, 0.2) is 16.4 Å². The summed E-state index contributed by atoms with van der Waals surface area (Å²) in [7, 11) is -5.04. The summed E-state index contributed by atoms with van der Waals surface area (Å²) in [6, 6.07) is 21.0. The molecule has 0 radical (unpaired) electrons. The van der Waals surface area contributed by atoms with Gasteiger partial charge in [-0.3, -0.25) is 10.1 Å². The van der Waals surface area contributed by atoms with Crippen molar-refractivity contribution in [3.05, 3.63) is 100 Å². The van der Waals surface area contributed by atoms with Gasteiger partial charge in [-0.2, -0.15) is 8.42 Å². The maximum atomic E-state index is 14.0. The molecule has 0 aliphatic carbocycles. The molecule has 0 atom stereocenters. The Balaban J connectivity index is 1.96. The molecule has 0 bridgehead atoms. The summed E-state index contributed by atoms with van der Waals surface area (Å²) >= 11 is 0. The number of ether oxygens (including phenoxy) is 2. The number of nitrogens with zero attached hydrogens (tertiary/aromatic N) is 1. The van der Waals surface area contributed by atoms with Gasteiger partial charge in [-0.05, 0) is 49.6 Å². The highest BCUT2D eigenvalue weighted by Gasteiger charge is 2.38. The molecule has 5 aromatic carbocycles. The first-order chi connectivity index (χ1) is 20.2. The van der Waals surface area contributed by atoms with E-state index in [-0.39, 0.29) is 36.3 Å². The molecule has 11 heteroatoms. The molecule has 216 valence electrons. The highest BCUT2D eigenvalue weighted by Crippen LogP contribution is 2.50. The summed E-state index contributed by atoms with van der Waals surface area (Å²) in [4.78, 5) is 11.4. The Morgan fingerprint density at radius 3 is 1.93 bits per heavy atom. The van der Waals surface area contributed by atoms with Crippen LogP contribution in [0.5, 0.6) is 28.7 Å². The third-order valence-corrected chi connectivity index (χ3v) is 7.97. The van der Waals surface area contributed by atoms with E-state index in [0.29, 0.717) is 27.5 Å². The van der Waals surface area contributed by atoms with Gasteiger partial charge in [0.05, 0.1) is 18.1 Å². The summed E-state index contributed by atoms with van der Waals surface area (Å²) in [6.07, 6.45) is -0.0232. The second-order valence-corrected chi connectivity index (χ2v) is 10.8. The Bertz CT molecular complexity index is 1900. The SMILES string of the molecule is CCOc1c2ccccc2c(OCC)c2c([N+](=O)[O-])c(S(=O)(=O)Oc3c(O)cccc3O)c(Cc3ccccc3)cc12. The van der Waals surface area contributed by atoms with Crippen LogP contribution in [0.25, 0.3) is 21.5 Å². The zero-order valence-electron chi connectivity index (χ0n) is 22.7. The summed E-state index contributed by atoms with van der Waals surface area (Å²) in [5.41, 5.74) is -0.0470. The van der Waals surface area contributed by atoms with E-state index in [2.05, 4.69) is 0 Å². The number of benzene rings is 5. The van der Waals surface area contributed by atoms with E-state index >= 15 is 0 Å². The van der Waals surface area contributed by atoms with Gasteiger partial charge in [0, 0.05) is 16.2 Å². The first kappa shape index (κ1) is 28.5. The van der Waals surface area contributed by atoms with E-state index in [1.807, 2.05) is 0 Å². The summed E-state index contributed by atoms with van der Waals surface area (Å²) in [6.45, 7) is 3.88. The fourth-order valence-electron chi connectivity index (χ4n) is 5.02. The van der Waals surface area contributed by atoms with Crippen LogP contribution in [0.3, 0.4) is 0 Å². The number of rotatable bonds is 10. The Labute approximate surface area is 241 Å². The average Bonchev–Trinajstić information content (AvgIpc) is 2.96. The third-order valence-electron chi connectivity index (χ3n) is 6.63. The van der Waals surface area contributed by atoms with Crippen molar-refractivity contribution in [1.82, 2.24) is 0 Å². The Morgan fingerprint density at radius 2 is 1.33 bits per heavy atom. The van der Waals surface area contributed by atoms with Crippen LogP contribution in [0.2, 0.25) is 0 Å². The maximum Gasteiger partial charge on any atom is 0.346 e. The van der Waals surface area contributed by atoms with Crippen molar-refractivity contribution >= 4 is 37.4 Å². The van der Waals surface area contributed by atoms with Crippen LogP contribution in [-0.4, -0.2) is 36.8 Å². The fourth-order valence-corrected chi connectivity index (χ4v) is 6.36. The number of phenols is 2. The lowest BCUT2D eigenvalue weighted by Gasteiger charge is -2.20. The maximum absolute atomic E-state index is 14.0. The van der Waals surface area contributed by atoms with Crippen LogP contribution >= 0.6 is 0 Å². The fraction of sp³-hybridized carbons (Fsp3) is 0.161. The second kappa shape index (κ2) is 11.5. The van der Waals surface area contributed by atoms with Gasteiger partial charge >= 0.3 is 15.8 Å². The zero-order chi connectivity index (χ0) is 30.0. The van der Waals surface area contributed by atoms with Crippen LogP contribution < -0.4 is 13.7 Å². The topological polar surface area (TPSA) is 145 Å². The number of hydrogen-bond donors (Lipinski definition) is 2. The standard InChI is InChI=1S/C31H27NO9S/c1-3-39-28-21-13-8-9-14-22(21)29(40-4-2)26-23(28)18-20(17-19-11-6-5-7-12-19)31(27(26)32(35)36)42(37,38)41-30-24(33)15-10-16-25(30)34/h5-16,18,33-34H,3-4,17H2,1-2H3. The smallest absolute Gasteiger partial charge is 0.346 e. The lowest BCUT2D eigenvalue weighted by Crippen LogP contribution is -2.16.